The fourth-order valence-corrected chi connectivity index (χ4v) is 5.45. The molecule has 2 N–H and O–H groups in total. The van der Waals surface area contributed by atoms with Crippen LogP contribution in [-0.2, 0) is 0 Å². The molecule has 0 spiro atoms. The molecule has 5 aromatic carbocycles. The first kappa shape index (κ1) is 26.7. The van der Waals surface area contributed by atoms with Crippen molar-refractivity contribution in [2.75, 3.05) is 0 Å². The molecule has 2 aromatic heterocycles. The standard InChI is InChI=1S/C38H26N4O2/c43-37(27-18-9-3-10-19-27)31-33(25-14-5-1-6-15-25)39-41-35(31)29-22-13-23-30(24-29)36-32(38(44)28-20-11-4-12-21-28)34(40-42-36)26-16-7-2-8-17-26/h1-24H,(H,39,41)(H,40,42). The Labute approximate surface area is 254 Å². The van der Waals surface area contributed by atoms with Crippen molar-refractivity contribution < 1.29 is 9.59 Å². The van der Waals surface area contributed by atoms with Gasteiger partial charge in [0.15, 0.2) is 11.6 Å². The number of carbonyl (C=O) groups is 2. The van der Waals surface area contributed by atoms with Crippen molar-refractivity contribution in [2.45, 2.75) is 0 Å². The van der Waals surface area contributed by atoms with Crippen LogP contribution in [0.4, 0.5) is 0 Å². The van der Waals surface area contributed by atoms with Gasteiger partial charge in [-0.15, -0.1) is 0 Å². The van der Waals surface area contributed by atoms with Gasteiger partial charge in [0.2, 0.25) is 0 Å². The quantitative estimate of drug-likeness (QED) is 0.180. The summed E-state index contributed by atoms with van der Waals surface area (Å²) in [5.74, 6) is -0.266. The average molecular weight is 571 g/mol. The summed E-state index contributed by atoms with van der Waals surface area (Å²) < 4.78 is 0. The van der Waals surface area contributed by atoms with Crippen molar-refractivity contribution in [3.8, 4) is 45.0 Å². The number of hydrogen-bond acceptors (Lipinski definition) is 4. The summed E-state index contributed by atoms with van der Waals surface area (Å²) in [7, 11) is 0. The maximum Gasteiger partial charge on any atom is 0.197 e. The Bertz CT molecular complexity index is 1930. The SMILES string of the molecule is O=C(c1ccccc1)c1c(-c2ccccc2)n[nH]c1-c1cccc(-c2[nH]nc(-c3ccccc3)c2C(=O)c2ccccc2)c1. The van der Waals surface area contributed by atoms with E-state index in [9.17, 15) is 9.59 Å². The van der Waals surface area contributed by atoms with Crippen LogP contribution in [0.5, 0.6) is 0 Å². The van der Waals surface area contributed by atoms with Crippen LogP contribution in [0.2, 0.25) is 0 Å². The Morgan fingerprint density at radius 2 is 0.750 bits per heavy atom. The Balaban J connectivity index is 1.39. The molecule has 2 heterocycles. The number of H-pyrrole nitrogens is 2. The molecule has 0 aliphatic heterocycles. The van der Waals surface area contributed by atoms with Gasteiger partial charge in [-0.3, -0.25) is 19.8 Å². The molecule has 0 unspecified atom stereocenters. The van der Waals surface area contributed by atoms with Crippen LogP contribution in [0.15, 0.2) is 146 Å². The molecule has 0 saturated carbocycles. The predicted octanol–water partition coefficient (Wildman–Crippen LogP) is 8.26. The van der Waals surface area contributed by atoms with Gasteiger partial charge in [0, 0.05) is 33.4 Å². The number of nitrogens with zero attached hydrogens (tertiary/aromatic N) is 2. The minimum Gasteiger partial charge on any atom is -0.288 e. The second-order valence-corrected chi connectivity index (χ2v) is 10.3. The van der Waals surface area contributed by atoms with E-state index in [0.29, 0.717) is 45.0 Å². The third-order valence-electron chi connectivity index (χ3n) is 7.59. The molecular weight excluding hydrogens is 544 g/mol. The van der Waals surface area contributed by atoms with Crippen LogP contribution in [0.25, 0.3) is 45.0 Å². The van der Waals surface area contributed by atoms with Crippen molar-refractivity contribution in [1.29, 1.82) is 0 Å². The molecule has 0 amide bonds. The zero-order chi connectivity index (χ0) is 29.9. The summed E-state index contributed by atoms with van der Waals surface area (Å²) in [6, 6.07) is 45.5. The Morgan fingerprint density at radius 1 is 0.409 bits per heavy atom. The van der Waals surface area contributed by atoms with Gasteiger partial charge < -0.3 is 0 Å². The van der Waals surface area contributed by atoms with Crippen LogP contribution in [-0.4, -0.2) is 32.0 Å². The van der Waals surface area contributed by atoms with Crippen LogP contribution < -0.4 is 0 Å². The summed E-state index contributed by atoms with van der Waals surface area (Å²) in [6.07, 6.45) is 0. The number of hydrogen-bond donors (Lipinski definition) is 2. The van der Waals surface area contributed by atoms with Crippen LogP contribution in [0.1, 0.15) is 31.8 Å². The second-order valence-electron chi connectivity index (χ2n) is 10.3. The minimum atomic E-state index is -0.133. The normalized spacial score (nSPS) is 10.9. The predicted molar refractivity (Wildman–Crippen MR) is 172 cm³/mol. The zero-order valence-corrected chi connectivity index (χ0v) is 23.6. The minimum absolute atomic E-state index is 0.133. The summed E-state index contributed by atoms with van der Waals surface area (Å²) in [6.45, 7) is 0. The summed E-state index contributed by atoms with van der Waals surface area (Å²) in [5.41, 5.74) is 7.63. The third kappa shape index (κ3) is 4.95. The smallest absolute Gasteiger partial charge is 0.197 e. The van der Waals surface area contributed by atoms with Crippen molar-refractivity contribution >= 4 is 11.6 Å². The molecular formula is C38H26N4O2. The number of rotatable bonds is 8. The van der Waals surface area contributed by atoms with Gasteiger partial charge in [-0.2, -0.15) is 10.2 Å². The highest BCUT2D eigenvalue weighted by Gasteiger charge is 2.26. The lowest BCUT2D eigenvalue weighted by atomic mass is 9.92. The molecule has 44 heavy (non-hydrogen) atoms. The molecule has 7 rings (SSSR count). The van der Waals surface area contributed by atoms with Gasteiger partial charge in [0.1, 0.15) is 11.4 Å². The Morgan fingerprint density at radius 3 is 1.14 bits per heavy atom. The number of carbonyl (C=O) groups excluding carboxylic acids is 2. The zero-order valence-electron chi connectivity index (χ0n) is 23.6. The lowest BCUT2D eigenvalue weighted by Crippen LogP contribution is -2.04. The molecule has 0 fully saturated rings. The number of nitrogens with one attached hydrogen (secondary N) is 2. The van der Waals surface area contributed by atoms with E-state index in [1.54, 1.807) is 0 Å². The van der Waals surface area contributed by atoms with E-state index in [4.69, 9.17) is 0 Å². The number of aromatic nitrogens is 4. The fraction of sp³-hybridized carbons (Fsp3) is 0. The van der Waals surface area contributed by atoms with E-state index in [1.807, 2.05) is 146 Å². The van der Waals surface area contributed by atoms with Gasteiger partial charge in [0.25, 0.3) is 0 Å². The highest BCUT2D eigenvalue weighted by Crippen LogP contribution is 2.36. The van der Waals surface area contributed by atoms with Crippen molar-refractivity contribution in [3.63, 3.8) is 0 Å². The van der Waals surface area contributed by atoms with Crippen molar-refractivity contribution in [3.05, 3.63) is 168 Å². The maximum atomic E-state index is 14.0. The summed E-state index contributed by atoms with van der Waals surface area (Å²) >= 11 is 0. The molecule has 0 atom stereocenters. The number of benzene rings is 5. The van der Waals surface area contributed by atoms with Crippen molar-refractivity contribution in [1.82, 2.24) is 20.4 Å². The van der Waals surface area contributed by atoms with E-state index in [-0.39, 0.29) is 11.6 Å². The maximum absolute atomic E-state index is 14.0. The van der Waals surface area contributed by atoms with E-state index in [2.05, 4.69) is 20.4 Å². The molecule has 0 bridgehead atoms. The highest BCUT2D eigenvalue weighted by atomic mass is 16.1. The lowest BCUT2D eigenvalue weighted by Gasteiger charge is -2.09. The molecule has 7 aromatic rings. The largest absolute Gasteiger partial charge is 0.288 e. The summed E-state index contributed by atoms with van der Waals surface area (Å²) in [5, 5.41) is 15.5. The van der Waals surface area contributed by atoms with Crippen molar-refractivity contribution in [2.24, 2.45) is 0 Å². The van der Waals surface area contributed by atoms with Gasteiger partial charge in [-0.1, -0.05) is 140 Å². The molecule has 0 saturated heterocycles. The Kier molecular flexibility index (Phi) is 7.06. The van der Waals surface area contributed by atoms with Crippen LogP contribution in [0.3, 0.4) is 0 Å². The highest BCUT2D eigenvalue weighted by molar-refractivity contribution is 6.17. The first-order valence-electron chi connectivity index (χ1n) is 14.3. The third-order valence-corrected chi connectivity index (χ3v) is 7.59. The van der Waals surface area contributed by atoms with E-state index in [1.165, 1.54) is 0 Å². The van der Waals surface area contributed by atoms with Crippen LogP contribution in [0, 0.1) is 0 Å². The van der Waals surface area contributed by atoms with Gasteiger partial charge in [0.05, 0.1) is 22.5 Å². The first-order valence-corrected chi connectivity index (χ1v) is 14.3. The fourth-order valence-electron chi connectivity index (χ4n) is 5.45. The second kappa shape index (κ2) is 11.6. The van der Waals surface area contributed by atoms with E-state index >= 15 is 0 Å². The van der Waals surface area contributed by atoms with E-state index < -0.39 is 0 Å². The van der Waals surface area contributed by atoms with Gasteiger partial charge in [-0.25, -0.2) is 0 Å². The topological polar surface area (TPSA) is 91.5 Å². The number of ketones is 2. The molecule has 6 heteroatoms. The molecule has 6 nitrogen and oxygen atoms in total. The monoisotopic (exact) mass is 570 g/mol. The molecule has 0 aliphatic rings. The lowest BCUT2D eigenvalue weighted by molar-refractivity contribution is 0.103. The first-order chi connectivity index (χ1) is 21.7. The summed E-state index contributed by atoms with van der Waals surface area (Å²) in [4.78, 5) is 28.0. The van der Waals surface area contributed by atoms with E-state index in [0.717, 1.165) is 22.3 Å². The number of aromatic amines is 2. The average Bonchev–Trinajstić information content (AvgIpc) is 3.75. The van der Waals surface area contributed by atoms with Crippen LogP contribution >= 0.6 is 0 Å². The molecule has 210 valence electrons. The molecule has 0 radical (unpaired) electrons. The molecule has 0 aliphatic carbocycles. The van der Waals surface area contributed by atoms with Gasteiger partial charge >= 0.3 is 0 Å². The van der Waals surface area contributed by atoms with Gasteiger partial charge in [-0.05, 0) is 6.07 Å². The Hall–Kier alpha value is -6.14.